The molecule has 0 saturated carbocycles. The molecule has 0 aromatic heterocycles. The van der Waals surface area contributed by atoms with Gasteiger partial charge in [-0.1, -0.05) is 44.2 Å². The lowest BCUT2D eigenvalue weighted by atomic mass is 9.75. The molecular formula is C25H37N3O6. The summed E-state index contributed by atoms with van der Waals surface area (Å²) in [5.41, 5.74) is -1.99. The van der Waals surface area contributed by atoms with E-state index in [1.807, 2.05) is 30.3 Å². The highest BCUT2D eigenvalue weighted by molar-refractivity contribution is 5.85. The molecule has 0 unspecified atom stereocenters. The van der Waals surface area contributed by atoms with Gasteiger partial charge in [-0.2, -0.15) is 5.26 Å². The smallest absolute Gasteiger partial charge is 0.342 e. The number of carbonyl (C=O) groups is 1. The van der Waals surface area contributed by atoms with Crippen molar-refractivity contribution in [3.8, 4) is 6.07 Å². The van der Waals surface area contributed by atoms with Crippen molar-refractivity contribution < 1.29 is 23.9 Å². The van der Waals surface area contributed by atoms with Gasteiger partial charge in [-0.3, -0.25) is 15.0 Å². The van der Waals surface area contributed by atoms with Crippen molar-refractivity contribution in [2.24, 2.45) is 11.8 Å². The molecule has 1 fully saturated rings. The minimum atomic E-state index is -1.94. The largest absolute Gasteiger partial charge is 0.458 e. The summed E-state index contributed by atoms with van der Waals surface area (Å²) >= 11 is 0. The van der Waals surface area contributed by atoms with Crippen molar-refractivity contribution in [2.45, 2.75) is 77.5 Å². The van der Waals surface area contributed by atoms with Crippen LogP contribution in [0.4, 0.5) is 0 Å². The van der Waals surface area contributed by atoms with Crippen LogP contribution in [0.1, 0.15) is 60.1 Å². The number of nitro groups is 1. The summed E-state index contributed by atoms with van der Waals surface area (Å²) < 4.78 is 17.9. The molecule has 1 saturated heterocycles. The first-order valence-corrected chi connectivity index (χ1v) is 11.5. The zero-order valence-corrected chi connectivity index (χ0v) is 21.4. The first kappa shape index (κ1) is 27.7. The molecule has 4 atom stereocenters. The zero-order valence-electron chi connectivity index (χ0n) is 21.4. The molecule has 34 heavy (non-hydrogen) atoms. The van der Waals surface area contributed by atoms with E-state index in [0.29, 0.717) is 0 Å². The van der Waals surface area contributed by atoms with E-state index in [0.717, 1.165) is 5.56 Å². The molecule has 1 aromatic rings. The van der Waals surface area contributed by atoms with Gasteiger partial charge in [0, 0.05) is 4.92 Å². The maximum atomic E-state index is 13.7. The molecule has 9 heteroatoms. The topological polar surface area (TPSA) is 115 Å². The quantitative estimate of drug-likeness (QED) is 0.315. The SMILES string of the molecule is CC(C)[C@@H](C[N+](=O)[O-])[C@](C#N)(C(=O)OC(C)(C)C)N(C)[C@H]1COC(C)(C)O[C@H]1c1ccccc1. The van der Waals surface area contributed by atoms with E-state index in [9.17, 15) is 20.2 Å². The molecule has 1 aliphatic heterocycles. The second-order valence-electron chi connectivity index (χ2n) is 10.6. The lowest BCUT2D eigenvalue weighted by Crippen LogP contribution is -2.67. The molecule has 2 rings (SSSR count). The third kappa shape index (κ3) is 6.12. The lowest BCUT2D eigenvalue weighted by molar-refractivity contribution is -0.492. The number of hydrogen-bond donors (Lipinski definition) is 0. The minimum absolute atomic E-state index is 0.151. The van der Waals surface area contributed by atoms with E-state index >= 15 is 0 Å². The maximum Gasteiger partial charge on any atom is 0.342 e. The number of nitrogens with zero attached hydrogens (tertiary/aromatic N) is 3. The van der Waals surface area contributed by atoms with Crippen LogP contribution in [-0.4, -0.2) is 59.0 Å². The summed E-state index contributed by atoms with van der Waals surface area (Å²) in [5.74, 6) is -3.02. The molecule has 1 aliphatic rings. The van der Waals surface area contributed by atoms with Crippen LogP contribution < -0.4 is 0 Å². The Bertz CT molecular complexity index is 905. The number of benzene rings is 1. The fourth-order valence-corrected chi connectivity index (χ4v) is 4.41. The summed E-state index contributed by atoms with van der Waals surface area (Å²) in [4.78, 5) is 26.4. The van der Waals surface area contributed by atoms with Crippen molar-refractivity contribution in [1.82, 2.24) is 4.90 Å². The lowest BCUT2D eigenvalue weighted by Gasteiger charge is -2.50. The highest BCUT2D eigenvalue weighted by Gasteiger charge is 2.58. The molecule has 0 N–H and O–H groups in total. The Morgan fingerprint density at radius 3 is 2.38 bits per heavy atom. The number of nitriles is 1. The van der Waals surface area contributed by atoms with E-state index in [1.165, 1.54) is 0 Å². The Hall–Kier alpha value is -2.54. The third-order valence-corrected chi connectivity index (χ3v) is 6.11. The van der Waals surface area contributed by atoms with E-state index < -0.39 is 52.4 Å². The summed E-state index contributed by atoms with van der Waals surface area (Å²) in [7, 11) is 1.62. The van der Waals surface area contributed by atoms with E-state index in [2.05, 4.69) is 6.07 Å². The van der Waals surface area contributed by atoms with Gasteiger partial charge < -0.3 is 14.2 Å². The molecular weight excluding hydrogens is 438 g/mol. The van der Waals surface area contributed by atoms with Crippen LogP contribution in [0.25, 0.3) is 0 Å². The van der Waals surface area contributed by atoms with Crippen LogP contribution in [0, 0.1) is 33.3 Å². The van der Waals surface area contributed by atoms with Gasteiger partial charge in [-0.25, -0.2) is 4.79 Å². The molecule has 0 bridgehead atoms. The highest BCUT2D eigenvalue weighted by atomic mass is 16.7. The van der Waals surface area contributed by atoms with Gasteiger partial charge in [0.05, 0.1) is 24.6 Å². The van der Waals surface area contributed by atoms with E-state index in [1.54, 1.807) is 60.4 Å². The maximum absolute atomic E-state index is 13.7. The predicted molar refractivity (Wildman–Crippen MR) is 126 cm³/mol. The molecule has 0 radical (unpaired) electrons. The van der Waals surface area contributed by atoms with Crippen molar-refractivity contribution in [2.75, 3.05) is 20.2 Å². The molecule has 188 valence electrons. The average Bonchev–Trinajstić information content (AvgIpc) is 2.72. The van der Waals surface area contributed by atoms with Crippen molar-refractivity contribution in [3.05, 3.63) is 46.0 Å². The monoisotopic (exact) mass is 475 g/mol. The highest BCUT2D eigenvalue weighted by Crippen LogP contribution is 2.41. The number of esters is 1. The first-order valence-electron chi connectivity index (χ1n) is 11.5. The van der Waals surface area contributed by atoms with Crippen LogP contribution >= 0.6 is 0 Å². The van der Waals surface area contributed by atoms with Crippen molar-refractivity contribution in [1.29, 1.82) is 5.26 Å². The van der Waals surface area contributed by atoms with Gasteiger partial charge in [0.25, 0.3) is 0 Å². The number of likely N-dealkylation sites (N-methyl/N-ethyl adjacent to an activating group) is 1. The Labute approximate surface area is 202 Å². The Morgan fingerprint density at radius 1 is 1.32 bits per heavy atom. The normalized spacial score (nSPS) is 23.1. The molecule has 1 aromatic carbocycles. The van der Waals surface area contributed by atoms with Crippen molar-refractivity contribution in [3.63, 3.8) is 0 Å². The second kappa shape index (κ2) is 10.4. The molecule has 1 heterocycles. The van der Waals surface area contributed by atoms with Crippen LogP contribution in [-0.2, 0) is 19.0 Å². The van der Waals surface area contributed by atoms with E-state index in [-0.39, 0.29) is 12.5 Å². The molecule has 0 aliphatic carbocycles. The first-order chi connectivity index (χ1) is 15.6. The summed E-state index contributed by atoms with van der Waals surface area (Å²) in [6.07, 6.45) is -0.548. The zero-order chi connectivity index (χ0) is 25.9. The summed E-state index contributed by atoms with van der Waals surface area (Å²) in [5, 5.41) is 22.2. The summed E-state index contributed by atoms with van der Waals surface area (Å²) in [6.45, 7) is 11.8. The Morgan fingerprint density at radius 2 is 1.91 bits per heavy atom. The van der Waals surface area contributed by atoms with Crippen LogP contribution in [0.2, 0.25) is 0 Å². The molecule has 0 spiro atoms. The van der Waals surface area contributed by atoms with Gasteiger partial charge in [-0.15, -0.1) is 0 Å². The van der Waals surface area contributed by atoms with Crippen LogP contribution in [0.5, 0.6) is 0 Å². The van der Waals surface area contributed by atoms with E-state index in [4.69, 9.17) is 14.2 Å². The van der Waals surface area contributed by atoms with Crippen molar-refractivity contribution >= 4 is 5.97 Å². The third-order valence-electron chi connectivity index (χ3n) is 6.11. The Balaban J connectivity index is 2.67. The fraction of sp³-hybridized carbons (Fsp3) is 0.680. The van der Waals surface area contributed by atoms with Gasteiger partial charge in [0.2, 0.25) is 12.1 Å². The van der Waals surface area contributed by atoms with Gasteiger partial charge >= 0.3 is 5.97 Å². The number of hydrogen-bond acceptors (Lipinski definition) is 8. The molecule has 0 amide bonds. The minimum Gasteiger partial charge on any atom is -0.458 e. The standard InChI is InChI=1S/C25H37N3O6/c1-17(2)19(14-28(30)31)25(16-26,22(29)34-23(3,4)5)27(8)20-15-32-24(6,7)33-21(20)18-12-10-9-11-13-18/h9-13,17,19-21H,14-15H2,1-8H3/t19-,20+,21+,25-/m1/s1. The van der Waals surface area contributed by atoms with Crippen LogP contribution in [0.15, 0.2) is 30.3 Å². The fourth-order valence-electron chi connectivity index (χ4n) is 4.41. The van der Waals surface area contributed by atoms with Crippen LogP contribution in [0.3, 0.4) is 0 Å². The number of rotatable bonds is 8. The predicted octanol–water partition coefficient (Wildman–Crippen LogP) is 3.96. The molecule has 9 nitrogen and oxygen atoms in total. The second-order valence-corrected chi connectivity index (χ2v) is 10.6. The van der Waals surface area contributed by atoms with Gasteiger partial charge in [-0.05, 0) is 53.1 Å². The number of carbonyl (C=O) groups excluding carboxylic acids is 1. The number of ether oxygens (including phenoxy) is 3. The summed E-state index contributed by atoms with van der Waals surface area (Å²) in [6, 6.07) is 11.0. The van der Waals surface area contributed by atoms with Gasteiger partial charge in [0.15, 0.2) is 5.79 Å². The van der Waals surface area contributed by atoms with Gasteiger partial charge in [0.1, 0.15) is 11.7 Å². The Kier molecular flexibility index (Phi) is 8.46. The average molecular weight is 476 g/mol.